The highest BCUT2D eigenvalue weighted by Crippen LogP contribution is 2.26. The number of rotatable bonds is 6. The molecule has 4 rings (SSSR count). The lowest BCUT2D eigenvalue weighted by Gasteiger charge is -2.09. The van der Waals surface area contributed by atoms with E-state index in [-0.39, 0.29) is 23.2 Å². The maximum Gasteiger partial charge on any atom is 0.284 e. The van der Waals surface area contributed by atoms with E-state index < -0.39 is 0 Å². The van der Waals surface area contributed by atoms with Gasteiger partial charge in [-0.3, -0.25) is 4.79 Å². The number of Topliss-reactive ketones (excluding diaryl/α,β-unsaturated/α-hetero) is 1. The van der Waals surface area contributed by atoms with Crippen molar-refractivity contribution >= 4 is 17.5 Å². The van der Waals surface area contributed by atoms with E-state index in [1.807, 2.05) is 24.5 Å². The van der Waals surface area contributed by atoms with E-state index in [2.05, 4.69) is 10.2 Å². The van der Waals surface area contributed by atoms with Gasteiger partial charge < -0.3 is 13.4 Å². The lowest BCUT2D eigenvalue weighted by molar-refractivity contribution is 0.102. The van der Waals surface area contributed by atoms with Gasteiger partial charge in [-0.25, -0.2) is 4.39 Å². The Balaban J connectivity index is 1.51. The summed E-state index contributed by atoms with van der Waals surface area (Å²) in [7, 11) is 0. The van der Waals surface area contributed by atoms with Gasteiger partial charge >= 0.3 is 0 Å². The molecule has 0 radical (unpaired) electrons. The van der Waals surface area contributed by atoms with Crippen LogP contribution in [0.15, 0.2) is 62.8 Å². The highest BCUT2D eigenvalue weighted by molar-refractivity contribution is 7.99. The van der Waals surface area contributed by atoms with Crippen LogP contribution >= 0.6 is 11.8 Å². The number of thioether (sulfide) groups is 1. The van der Waals surface area contributed by atoms with Crippen LogP contribution in [0.5, 0.6) is 0 Å². The Hall–Kier alpha value is -3.13. The fourth-order valence-electron chi connectivity index (χ4n) is 3.03. The third-order valence-electron chi connectivity index (χ3n) is 4.26. The predicted octanol–water partition coefficient (Wildman–Crippen LogP) is 4.85. The first kappa shape index (κ1) is 18.2. The molecule has 0 fully saturated rings. The maximum atomic E-state index is 13.6. The van der Waals surface area contributed by atoms with Gasteiger partial charge in [0.2, 0.25) is 0 Å². The van der Waals surface area contributed by atoms with Crippen LogP contribution in [0.25, 0.3) is 17.3 Å². The second-order valence-electron chi connectivity index (χ2n) is 6.16. The normalized spacial score (nSPS) is 11.1. The molecule has 6 nitrogen and oxygen atoms in total. The number of halogens is 1. The quantitative estimate of drug-likeness (QED) is 0.342. The summed E-state index contributed by atoms with van der Waals surface area (Å²) in [6.45, 7) is 3.73. The van der Waals surface area contributed by atoms with Gasteiger partial charge in [0.25, 0.3) is 11.1 Å². The highest BCUT2D eigenvalue weighted by atomic mass is 32.2. The third kappa shape index (κ3) is 3.50. The lowest BCUT2D eigenvalue weighted by Crippen LogP contribution is -2.05. The number of ketones is 1. The van der Waals surface area contributed by atoms with E-state index >= 15 is 0 Å². The van der Waals surface area contributed by atoms with Gasteiger partial charge in [-0.2, -0.15) is 0 Å². The smallest absolute Gasteiger partial charge is 0.284 e. The largest absolute Gasteiger partial charge is 0.459 e. The minimum Gasteiger partial charge on any atom is -0.459 e. The highest BCUT2D eigenvalue weighted by Gasteiger charge is 2.19. The SMILES string of the molecule is Cc1cc(C(=O)CSc2nnc(-c3ccco3)o2)c(C)n1-c1cccc(F)c1. The summed E-state index contributed by atoms with van der Waals surface area (Å²) in [6.07, 6.45) is 1.52. The van der Waals surface area contributed by atoms with E-state index in [1.165, 1.54) is 18.4 Å². The van der Waals surface area contributed by atoms with Crippen molar-refractivity contribution in [3.63, 3.8) is 0 Å². The second-order valence-corrected chi connectivity index (χ2v) is 7.09. The summed E-state index contributed by atoms with van der Waals surface area (Å²) in [6, 6.07) is 11.5. The van der Waals surface area contributed by atoms with Crippen molar-refractivity contribution in [3.05, 3.63) is 71.5 Å². The monoisotopic (exact) mass is 397 g/mol. The number of carbonyl (C=O) groups excluding carboxylic acids is 1. The summed E-state index contributed by atoms with van der Waals surface area (Å²) in [5, 5.41) is 8.13. The molecule has 0 unspecified atom stereocenters. The molecule has 0 aliphatic heterocycles. The average molecular weight is 397 g/mol. The van der Waals surface area contributed by atoms with Crippen LogP contribution in [0.2, 0.25) is 0 Å². The molecule has 3 aromatic heterocycles. The average Bonchev–Trinajstić information content (AvgIpc) is 3.40. The molecular weight excluding hydrogens is 381 g/mol. The zero-order chi connectivity index (χ0) is 19.7. The number of aromatic nitrogens is 3. The Morgan fingerprint density at radius 3 is 2.79 bits per heavy atom. The predicted molar refractivity (Wildman–Crippen MR) is 102 cm³/mol. The Kier molecular flexibility index (Phi) is 4.87. The zero-order valence-corrected chi connectivity index (χ0v) is 16.0. The summed E-state index contributed by atoms with van der Waals surface area (Å²) in [5.41, 5.74) is 2.88. The molecule has 0 atom stereocenters. The van der Waals surface area contributed by atoms with Gasteiger partial charge in [0.15, 0.2) is 11.5 Å². The van der Waals surface area contributed by atoms with Crippen molar-refractivity contribution in [2.24, 2.45) is 0 Å². The lowest BCUT2D eigenvalue weighted by atomic mass is 10.2. The van der Waals surface area contributed by atoms with Crippen LogP contribution in [-0.2, 0) is 0 Å². The molecule has 8 heteroatoms. The van der Waals surface area contributed by atoms with E-state index in [9.17, 15) is 9.18 Å². The van der Waals surface area contributed by atoms with Crippen LogP contribution in [0, 0.1) is 19.7 Å². The standard InChI is InChI=1S/C20H16FN3O3S/c1-12-9-16(13(2)24(12)15-6-3-5-14(21)10-15)17(25)11-28-20-23-22-19(27-20)18-7-4-8-26-18/h3-10H,11H2,1-2H3. The topological polar surface area (TPSA) is 74.1 Å². The number of carbonyl (C=O) groups is 1. The number of benzene rings is 1. The van der Waals surface area contributed by atoms with E-state index in [1.54, 1.807) is 24.3 Å². The maximum absolute atomic E-state index is 13.6. The fraction of sp³-hybridized carbons (Fsp3) is 0.150. The number of nitrogens with zero attached hydrogens (tertiary/aromatic N) is 3. The van der Waals surface area contributed by atoms with Crippen molar-refractivity contribution in [1.29, 1.82) is 0 Å². The first-order chi connectivity index (χ1) is 13.5. The van der Waals surface area contributed by atoms with Gasteiger partial charge in [0.1, 0.15) is 5.82 Å². The minimum atomic E-state index is -0.322. The summed E-state index contributed by atoms with van der Waals surface area (Å²) in [5.74, 6) is 0.497. The van der Waals surface area contributed by atoms with Crippen LogP contribution in [-0.4, -0.2) is 26.3 Å². The third-order valence-corrected chi connectivity index (χ3v) is 5.08. The molecule has 0 saturated carbocycles. The fourth-order valence-corrected chi connectivity index (χ4v) is 3.68. The molecule has 0 saturated heterocycles. The van der Waals surface area contributed by atoms with Crippen molar-refractivity contribution < 1.29 is 18.0 Å². The first-order valence-corrected chi connectivity index (χ1v) is 9.50. The molecule has 1 aromatic carbocycles. The molecule has 0 amide bonds. The van der Waals surface area contributed by atoms with Crippen molar-refractivity contribution in [1.82, 2.24) is 14.8 Å². The summed E-state index contributed by atoms with van der Waals surface area (Å²) >= 11 is 1.16. The van der Waals surface area contributed by atoms with Crippen LogP contribution in [0.3, 0.4) is 0 Å². The number of hydrogen-bond acceptors (Lipinski definition) is 6. The van der Waals surface area contributed by atoms with Crippen LogP contribution < -0.4 is 0 Å². The molecule has 0 spiro atoms. The number of hydrogen-bond donors (Lipinski definition) is 0. The van der Waals surface area contributed by atoms with Gasteiger partial charge in [-0.15, -0.1) is 10.2 Å². The van der Waals surface area contributed by atoms with Gasteiger partial charge in [0, 0.05) is 22.6 Å². The van der Waals surface area contributed by atoms with E-state index in [4.69, 9.17) is 8.83 Å². The molecule has 0 N–H and O–H groups in total. The summed E-state index contributed by atoms with van der Waals surface area (Å²) < 4.78 is 26.2. The van der Waals surface area contributed by atoms with Crippen molar-refractivity contribution in [2.45, 2.75) is 19.1 Å². The molecule has 0 aliphatic carbocycles. The number of aryl methyl sites for hydroxylation is 1. The van der Waals surface area contributed by atoms with Gasteiger partial charge in [-0.05, 0) is 50.2 Å². The molecule has 0 bridgehead atoms. The van der Waals surface area contributed by atoms with Crippen LogP contribution in [0.1, 0.15) is 21.7 Å². The van der Waals surface area contributed by atoms with E-state index in [0.29, 0.717) is 22.2 Å². The molecule has 142 valence electrons. The Bertz CT molecular complexity index is 1130. The first-order valence-electron chi connectivity index (χ1n) is 8.51. The zero-order valence-electron chi connectivity index (χ0n) is 15.2. The molecule has 3 heterocycles. The Labute approximate surface area is 164 Å². The molecule has 0 aliphatic rings. The Morgan fingerprint density at radius 2 is 2.04 bits per heavy atom. The minimum absolute atomic E-state index is 0.0708. The second kappa shape index (κ2) is 7.47. The van der Waals surface area contributed by atoms with Gasteiger partial charge in [0.05, 0.1) is 12.0 Å². The van der Waals surface area contributed by atoms with E-state index in [0.717, 1.165) is 23.1 Å². The van der Waals surface area contributed by atoms with Crippen molar-refractivity contribution in [3.8, 4) is 17.3 Å². The van der Waals surface area contributed by atoms with Gasteiger partial charge in [-0.1, -0.05) is 17.8 Å². The number of furan rings is 1. The Morgan fingerprint density at radius 1 is 1.18 bits per heavy atom. The van der Waals surface area contributed by atoms with Crippen LogP contribution in [0.4, 0.5) is 4.39 Å². The molecule has 4 aromatic rings. The molecular formula is C20H16FN3O3S. The molecule has 28 heavy (non-hydrogen) atoms. The van der Waals surface area contributed by atoms with Crippen molar-refractivity contribution in [2.75, 3.05) is 5.75 Å². The summed E-state index contributed by atoms with van der Waals surface area (Å²) in [4.78, 5) is 12.7.